The summed E-state index contributed by atoms with van der Waals surface area (Å²) in [5.74, 6) is 1.05. The molecule has 0 radical (unpaired) electrons. The van der Waals surface area contributed by atoms with Crippen LogP contribution in [0.5, 0.6) is 11.5 Å². The summed E-state index contributed by atoms with van der Waals surface area (Å²) in [4.78, 5) is 30.3. The van der Waals surface area contributed by atoms with Gasteiger partial charge in [0.05, 0.1) is 23.7 Å². The maximum atomic E-state index is 11.0. The highest BCUT2D eigenvalue weighted by Gasteiger charge is 2.23. The van der Waals surface area contributed by atoms with E-state index < -0.39 is 12.0 Å². The second kappa shape index (κ2) is 10.7. The number of benzene rings is 2. The number of cyclic esters (lactones) is 1. The van der Waals surface area contributed by atoms with Gasteiger partial charge in [-0.15, -0.1) is 0 Å². The third kappa shape index (κ3) is 6.14. The van der Waals surface area contributed by atoms with Crippen molar-refractivity contribution in [2.75, 3.05) is 13.2 Å². The Labute approximate surface area is 202 Å². The second-order valence-corrected chi connectivity index (χ2v) is 8.15. The fourth-order valence-electron chi connectivity index (χ4n) is 3.50. The van der Waals surface area contributed by atoms with Gasteiger partial charge in [0.25, 0.3) is 0 Å². The maximum Gasteiger partial charge on any atom is 0.407 e. The first-order valence-electron chi connectivity index (χ1n) is 11.2. The molecule has 9 heteroatoms. The minimum atomic E-state index is -0.424. The van der Waals surface area contributed by atoms with E-state index in [1.807, 2.05) is 50.2 Å². The number of hydrogen-bond acceptors (Lipinski definition) is 7. The smallest absolute Gasteiger partial charge is 0.407 e. The number of nitrogens with one attached hydrogen (secondary N) is 1. The molecule has 3 N–H and O–H groups in total. The lowest BCUT2D eigenvalue weighted by atomic mass is 10.1. The molecule has 0 unspecified atom stereocenters. The average Bonchev–Trinajstić information content (AvgIpc) is 3.27. The van der Waals surface area contributed by atoms with Crippen molar-refractivity contribution >= 4 is 33.8 Å². The first-order valence-corrected chi connectivity index (χ1v) is 11.2. The monoisotopic (exact) mass is 474 g/mol. The number of alkyl carbamates (subject to hydrolysis) is 1. The van der Waals surface area contributed by atoms with Crippen molar-refractivity contribution in [3.8, 4) is 11.5 Å². The van der Waals surface area contributed by atoms with Crippen LogP contribution in [0.2, 0.25) is 0 Å². The van der Waals surface area contributed by atoms with E-state index in [0.717, 1.165) is 27.6 Å². The number of carbonyl (C=O) groups excluding carboxylic acids is 2. The number of carbonyl (C=O) groups is 2. The molecule has 3 heterocycles. The minimum absolute atomic E-state index is 0.0995. The summed E-state index contributed by atoms with van der Waals surface area (Å²) in [5.41, 5.74) is 7.25. The highest BCUT2D eigenvalue weighted by Crippen LogP contribution is 2.28. The Hall–Kier alpha value is -4.40. The molecule has 2 amide bonds. The van der Waals surface area contributed by atoms with E-state index in [1.165, 1.54) is 0 Å². The zero-order valence-corrected chi connectivity index (χ0v) is 19.4. The minimum Gasteiger partial charge on any atom is -0.491 e. The number of rotatable bonds is 6. The summed E-state index contributed by atoms with van der Waals surface area (Å²) in [7, 11) is 0. The van der Waals surface area contributed by atoms with Crippen LogP contribution in [0.15, 0.2) is 67.0 Å². The average molecular weight is 475 g/mol. The van der Waals surface area contributed by atoms with Crippen LogP contribution in [0.1, 0.15) is 24.2 Å². The van der Waals surface area contributed by atoms with E-state index in [1.54, 1.807) is 30.6 Å². The van der Waals surface area contributed by atoms with Gasteiger partial charge in [-0.1, -0.05) is 12.1 Å². The van der Waals surface area contributed by atoms with Gasteiger partial charge in [-0.25, -0.2) is 4.79 Å². The second-order valence-electron chi connectivity index (χ2n) is 8.15. The number of hydrogen-bond donors (Lipinski definition) is 2. The van der Waals surface area contributed by atoms with Crippen LogP contribution >= 0.6 is 0 Å². The van der Waals surface area contributed by atoms with Crippen LogP contribution in [-0.4, -0.2) is 47.3 Å². The molecule has 1 fully saturated rings. The number of nitrogens with zero attached hydrogens (tertiary/aromatic N) is 2. The molecule has 0 saturated carbocycles. The number of amides is 2. The molecule has 1 aliphatic rings. The number of ether oxygens (including phenoxy) is 3. The van der Waals surface area contributed by atoms with E-state index in [2.05, 4.69) is 15.3 Å². The normalized spacial score (nSPS) is 14.7. The van der Waals surface area contributed by atoms with Gasteiger partial charge in [-0.3, -0.25) is 14.8 Å². The molecule has 2 aromatic carbocycles. The van der Waals surface area contributed by atoms with Gasteiger partial charge in [0.2, 0.25) is 5.91 Å². The van der Waals surface area contributed by atoms with E-state index in [0.29, 0.717) is 24.5 Å². The number of fused-ring (bicyclic) bond motifs is 2. The van der Waals surface area contributed by atoms with Crippen LogP contribution in [0.25, 0.3) is 21.8 Å². The summed E-state index contributed by atoms with van der Waals surface area (Å²) in [5, 5.41) is 4.48. The molecular formula is C26H26N4O5. The zero-order chi connectivity index (χ0) is 24.8. The van der Waals surface area contributed by atoms with Gasteiger partial charge < -0.3 is 25.3 Å². The van der Waals surface area contributed by atoms with Crippen LogP contribution in [-0.2, 0) is 4.74 Å². The summed E-state index contributed by atoms with van der Waals surface area (Å²) in [6.45, 7) is 4.72. The van der Waals surface area contributed by atoms with Gasteiger partial charge in [-0.2, -0.15) is 0 Å². The lowest BCUT2D eigenvalue weighted by Gasteiger charge is -2.14. The Morgan fingerprint density at radius 1 is 1.11 bits per heavy atom. The molecule has 5 rings (SSSR count). The number of pyridine rings is 2. The summed E-state index contributed by atoms with van der Waals surface area (Å²) in [6, 6.07) is 16.5. The quantitative estimate of drug-likeness (QED) is 0.435. The molecule has 1 saturated heterocycles. The molecule has 0 bridgehead atoms. The molecule has 0 aliphatic carbocycles. The predicted molar refractivity (Wildman–Crippen MR) is 132 cm³/mol. The summed E-state index contributed by atoms with van der Waals surface area (Å²) >= 11 is 0. The third-order valence-corrected chi connectivity index (χ3v) is 5.11. The molecule has 180 valence electrons. The topological polar surface area (TPSA) is 126 Å². The van der Waals surface area contributed by atoms with Gasteiger partial charge in [0, 0.05) is 28.7 Å². The summed E-state index contributed by atoms with van der Waals surface area (Å²) in [6.07, 6.45) is 2.81. The summed E-state index contributed by atoms with van der Waals surface area (Å²) < 4.78 is 16.6. The fraction of sp³-hybridized carbons (Fsp3) is 0.231. The standard InChI is InChI=1S/C16H18N2O4.C10H8N2O/c1-10(2)21-11-3-4-14-13(7-11)15(5-6-17-14)20-9-12-8-18-16(19)22-12;11-10(13)8-4-3-7-2-1-5-12-9(7)6-8/h3-7,10,12H,8-9H2,1-2H3,(H,18,19);1-6H,(H2,11,13)/t12-;/m1./s1. The lowest BCUT2D eigenvalue weighted by Crippen LogP contribution is -2.22. The molecule has 4 aromatic rings. The van der Waals surface area contributed by atoms with Gasteiger partial charge in [0.15, 0.2) is 6.10 Å². The molecule has 1 atom stereocenters. The van der Waals surface area contributed by atoms with Crippen LogP contribution in [0.4, 0.5) is 4.79 Å². The molecule has 2 aromatic heterocycles. The third-order valence-electron chi connectivity index (χ3n) is 5.11. The molecular weight excluding hydrogens is 448 g/mol. The predicted octanol–water partition coefficient (Wildman–Crippen LogP) is 3.84. The SMILES string of the molecule is CC(C)Oc1ccc2nccc(OC[C@H]3CNC(=O)O3)c2c1.NC(=O)c1ccc2cccnc2c1. The van der Waals surface area contributed by atoms with E-state index >= 15 is 0 Å². The number of aromatic nitrogens is 2. The first-order chi connectivity index (χ1) is 16.9. The first kappa shape index (κ1) is 23.7. The lowest BCUT2D eigenvalue weighted by molar-refractivity contribution is 0.0999. The highest BCUT2D eigenvalue weighted by atomic mass is 16.6. The Morgan fingerprint density at radius 2 is 1.94 bits per heavy atom. The van der Waals surface area contributed by atoms with Crippen LogP contribution < -0.4 is 20.5 Å². The van der Waals surface area contributed by atoms with Gasteiger partial charge in [0.1, 0.15) is 18.1 Å². The Balaban J connectivity index is 0.000000189. The van der Waals surface area contributed by atoms with Gasteiger partial charge in [-0.05, 0) is 56.3 Å². The highest BCUT2D eigenvalue weighted by molar-refractivity contribution is 5.96. The Bertz CT molecular complexity index is 1360. The molecule has 35 heavy (non-hydrogen) atoms. The maximum absolute atomic E-state index is 11.0. The molecule has 9 nitrogen and oxygen atoms in total. The van der Waals surface area contributed by atoms with Crippen molar-refractivity contribution in [2.45, 2.75) is 26.1 Å². The van der Waals surface area contributed by atoms with Crippen molar-refractivity contribution in [1.29, 1.82) is 0 Å². The largest absolute Gasteiger partial charge is 0.491 e. The van der Waals surface area contributed by atoms with Gasteiger partial charge >= 0.3 is 6.09 Å². The van der Waals surface area contributed by atoms with E-state index in [4.69, 9.17) is 19.9 Å². The van der Waals surface area contributed by atoms with E-state index in [9.17, 15) is 9.59 Å². The van der Waals surface area contributed by atoms with Crippen molar-refractivity contribution in [2.24, 2.45) is 5.73 Å². The molecule has 0 spiro atoms. The van der Waals surface area contributed by atoms with Crippen LogP contribution in [0.3, 0.4) is 0 Å². The Kier molecular flexibility index (Phi) is 7.25. The zero-order valence-electron chi connectivity index (χ0n) is 19.4. The fourth-order valence-corrected chi connectivity index (χ4v) is 3.50. The van der Waals surface area contributed by atoms with Crippen LogP contribution in [0, 0.1) is 0 Å². The van der Waals surface area contributed by atoms with Crippen molar-refractivity contribution in [3.05, 3.63) is 72.6 Å². The van der Waals surface area contributed by atoms with Crippen molar-refractivity contribution in [1.82, 2.24) is 15.3 Å². The van der Waals surface area contributed by atoms with Crippen molar-refractivity contribution in [3.63, 3.8) is 0 Å². The molecule has 1 aliphatic heterocycles. The number of primary amides is 1. The number of nitrogens with two attached hydrogens (primary N) is 1. The van der Waals surface area contributed by atoms with Crippen molar-refractivity contribution < 1.29 is 23.8 Å². The Morgan fingerprint density at radius 3 is 2.69 bits per heavy atom. The van der Waals surface area contributed by atoms with E-state index in [-0.39, 0.29) is 12.2 Å².